The Morgan fingerprint density at radius 1 is 1.48 bits per heavy atom. The molecule has 0 spiro atoms. The van der Waals surface area contributed by atoms with Crippen molar-refractivity contribution in [1.29, 1.82) is 0 Å². The normalized spacial score (nSPS) is 17.2. The molecule has 7 heteroatoms. The molecule has 2 aromatic heterocycles. The number of hydrogen-bond acceptors (Lipinski definition) is 5. The Labute approximate surface area is 148 Å². The first kappa shape index (κ1) is 17.6. The van der Waals surface area contributed by atoms with Crippen molar-refractivity contribution >= 4 is 11.6 Å². The number of aryl methyl sites for hydroxylation is 1. The Morgan fingerprint density at radius 2 is 2.36 bits per heavy atom. The van der Waals surface area contributed by atoms with Gasteiger partial charge in [0.1, 0.15) is 0 Å². The molecule has 3 rings (SSSR count). The molecule has 1 saturated heterocycles. The second-order valence-corrected chi connectivity index (χ2v) is 6.44. The summed E-state index contributed by atoms with van der Waals surface area (Å²) < 4.78 is 7.48. The number of carbonyl (C=O) groups excluding carboxylic acids is 1. The van der Waals surface area contributed by atoms with E-state index >= 15 is 0 Å². The van der Waals surface area contributed by atoms with Crippen molar-refractivity contribution in [2.75, 3.05) is 25.0 Å². The van der Waals surface area contributed by atoms with E-state index in [9.17, 15) is 4.79 Å². The quantitative estimate of drug-likeness (QED) is 0.829. The highest BCUT2D eigenvalue weighted by molar-refractivity contribution is 5.92. The molecule has 0 aromatic carbocycles. The van der Waals surface area contributed by atoms with Crippen molar-refractivity contribution in [3.8, 4) is 0 Å². The van der Waals surface area contributed by atoms with Gasteiger partial charge in [-0.3, -0.25) is 19.4 Å². The number of nitrogens with zero attached hydrogens (tertiary/aromatic N) is 4. The van der Waals surface area contributed by atoms with E-state index in [2.05, 4.69) is 20.3 Å². The van der Waals surface area contributed by atoms with E-state index in [1.54, 1.807) is 17.1 Å². The van der Waals surface area contributed by atoms with Crippen LogP contribution in [0.2, 0.25) is 0 Å². The number of ether oxygens (including phenoxy) is 1. The van der Waals surface area contributed by atoms with E-state index in [-0.39, 0.29) is 12.0 Å². The third-order valence-corrected chi connectivity index (χ3v) is 4.47. The average molecular weight is 343 g/mol. The van der Waals surface area contributed by atoms with Gasteiger partial charge in [0.15, 0.2) is 0 Å². The van der Waals surface area contributed by atoms with Gasteiger partial charge >= 0.3 is 0 Å². The standard InChI is InChI=1S/C18H25N5O2/c1-14-17(10-20-22(14)2)21-18(24)13-23(12-16-7-5-9-25-16)11-15-6-3-4-8-19-15/h3-4,6,8,10,16H,5,7,9,11-13H2,1-2H3,(H,21,24). The molecule has 2 aromatic rings. The average Bonchev–Trinajstić information content (AvgIpc) is 3.21. The molecule has 0 radical (unpaired) electrons. The van der Waals surface area contributed by atoms with Crippen LogP contribution in [0.4, 0.5) is 5.69 Å². The molecule has 1 atom stereocenters. The second kappa shape index (κ2) is 8.22. The molecule has 1 unspecified atom stereocenters. The lowest BCUT2D eigenvalue weighted by Gasteiger charge is -2.24. The van der Waals surface area contributed by atoms with Gasteiger partial charge in [-0.1, -0.05) is 6.07 Å². The van der Waals surface area contributed by atoms with Crippen LogP contribution >= 0.6 is 0 Å². The molecular weight excluding hydrogens is 318 g/mol. The number of amides is 1. The van der Waals surface area contributed by atoms with Crippen LogP contribution in [-0.4, -0.2) is 51.4 Å². The maximum absolute atomic E-state index is 12.5. The Hall–Kier alpha value is -2.25. The van der Waals surface area contributed by atoms with Crippen LogP contribution in [0.25, 0.3) is 0 Å². The van der Waals surface area contributed by atoms with Crippen LogP contribution in [0, 0.1) is 6.92 Å². The zero-order chi connectivity index (χ0) is 17.6. The second-order valence-electron chi connectivity index (χ2n) is 6.44. The van der Waals surface area contributed by atoms with E-state index in [1.165, 1.54) is 0 Å². The number of nitrogens with one attached hydrogen (secondary N) is 1. The lowest BCUT2D eigenvalue weighted by Crippen LogP contribution is -2.38. The van der Waals surface area contributed by atoms with Gasteiger partial charge in [0.2, 0.25) is 5.91 Å². The minimum atomic E-state index is -0.0509. The van der Waals surface area contributed by atoms with Gasteiger partial charge in [0.05, 0.1) is 35.9 Å². The van der Waals surface area contributed by atoms with Gasteiger partial charge in [0.25, 0.3) is 0 Å². The number of aromatic nitrogens is 3. The summed E-state index contributed by atoms with van der Waals surface area (Å²) in [6.45, 7) is 4.39. The molecule has 0 aliphatic carbocycles. The van der Waals surface area contributed by atoms with Crippen molar-refractivity contribution in [1.82, 2.24) is 19.7 Å². The highest BCUT2D eigenvalue weighted by Gasteiger charge is 2.21. The fraction of sp³-hybridized carbons (Fsp3) is 0.500. The third kappa shape index (κ3) is 4.87. The summed E-state index contributed by atoms with van der Waals surface area (Å²) in [4.78, 5) is 19.0. The van der Waals surface area contributed by atoms with Gasteiger partial charge in [-0.25, -0.2) is 0 Å². The maximum atomic E-state index is 12.5. The van der Waals surface area contributed by atoms with Crippen LogP contribution in [-0.2, 0) is 23.1 Å². The number of carbonyl (C=O) groups is 1. The molecule has 3 heterocycles. The molecule has 1 fully saturated rings. The number of rotatable bonds is 7. The third-order valence-electron chi connectivity index (χ3n) is 4.47. The summed E-state index contributed by atoms with van der Waals surface area (Å²) >= 11 is 0. The first-order valence-corrected chi connectivity index (χ1v) is 8.64. The summed E-state index contributed by atoms with van der Waals surface area (Å²) in [6, 6.07) is 5.84. The fourth-order valence-corrected chi connectivity index (χ4v) is 3.00. The topological polar surface area (TPSA) is 72.3 Å². The molecule has 25 heavy (non-hydrogen) atoms. The van der Waals surface area contributed by atoms with Gasteiger partial charge < -0.3 is 10.1 Å². The van der Waals surface area contributed by atoms with Crippen LogP contribution in [0.1, 0.15) is 24.2 Å². The SMILES string of the molecule is Cc1c(NC(=O)CN(Cc2ccccn2)CC2CCCO2)cnn1C. The minimum absolute atomic E-state index is 0.0509. The Kier molecular flexibility index (Phi) is 5.78. The van der Waals surface area contributed by atoms with E-state index in [4.69, 9.17) is 4.74 Å². The summed E-state index contributed by atoms with van der Waals surface area (Å²) in [5, 5.41) is 7.10. The van der Waals surface area contributed by atoms with Crippen molar-refractivity contribution in [3.63, 3.8) is 0 Å². The van der Waals surface area contributed by atoms with Crippen LogP contribution < -0.4 is 5.32 Å². The van der Waals surface area contributed by atoms with Crippen LogP contribution in [0.3, 0.4) is 0 Å². The highest BCUT2D eigenvalue weighted by atomic mass is 16.5. The number of hydrogen-bond donors (Lipinski definition) is 1. The predicted octanol–water partition coefficient (Wildman–Crippen LogP) is 1.74. The summed E-state index contributed by atoms with van der Waals surface area (Å²) in [6.07, 6.45) is 5.77. The molecule has 0 saturated carbocycles. The predicted molar refractivity (Wildman–Crippen MR) is 95.1 cm³/mol. The van der Waals surface area contributed by atoms with Gasteiger partial charge in [-0.2, -0.15) is 5.10 Å². The lowest BCUT2D eigenvalue weighted by atomic mass is 10.2. The zero-order valence-corrected chi connectivity index (χ0v) is 14.8. The molecule has 1 aliphatic heterocycles. The van der Waals surface area contributed by atoms with Gasteiger partial charge in [-0.05, 0) is 31.9 Å². The molecule has 134 valence electrons. The van der Waals surface area contributed by atoms with Gasteiger partial charge in [-0.15, -0.1) is 0 Å². The van der Waals surface area contributed by atoms with E-state index in [0.717, 1.165) is 43.1 Å². The summed E-state index contributed by atoms with van der Waals surface area (Å²) in [7, 11) is 1.86. The Morgan fingerprint density at radius 3 is 3.00 bits per heavy atom. The fourth-order valence-electron chi connectivity index (χ4n) is 3.00. The largest absolute Gasteiger partial charge is 0.377 e. The van der Waals surface area contributed by atoms with E-state index < -0.39 is 0 Å². The molecule has 7 nitrogen and oxygen atoms in total. The summed E-state index contributed by atoms with van der Waals surface area (Å²) in [5.74, 6) is -0.0509. The Balaban J connectivity index is 1.63. The molecule has 0 bridgehead atoms. The highest BCUT2D eigenvalue weighted by Crippen LogP contribution is 2.16. The molecular formula is C18H25N5O2. The van der Waals surface area contributed by atoms with Crippen LogP contribution in [0.5, 0.6) is 0 Å². The molecule has 1 amide bonds. The van der Waals surface area contributed by atoms with Crippen molar-refractivity contribution in [2.45, 2.75) is 32.4 Å². The Bertz CT molecular complexity index is 695. The number of anilines is 1. The smallest absolute Gasteiger partial charge is 0.238 e. The molecule has 1 N–H and O–H groups in total. The lowest BCUT2D eigenvalue weighted by molar-refractivity contribution is -0.117. The first-order valence-electron chi connectivity index (χ1n) is 8.64. The number of pyridine rings is 1. The minimum Gasteiger partial charge on any atom is -0.377 e. The van der Waals surface area contributed by atoms with Gasteiger partial charge in [0, 0.05) is 32.9 Å². The van der Waals surface area contributed by atoms with E-state index in [0.29, 0.717) is 13.1 Å². The van der Waals surface area contributed by atoms with Crippen molar-refractivity contribution in [3.05, 3.63) is 42.0 Å². The van der Waals surface area contributed by atoms with E-state index in [1.807, 2.05) is 32.2 Å². The first-order chi connectivity index (χ1) is 12.1. The van der Waals surface area contributed by atoms with Crippen LogP contribution in [0.15, 0.2) is 30.6 Å². The molecule has 1 aliphatic rings. The summed E-state index contributed by atoms with van der Waals surface area (Å²) in [5.41, 5.74) is 2.64. The monoisotopic (exact) mass is 343 g/mol. The van der Waals surface area contributed by atoms with Crippen molar-refractivity contribution < 1.29 is 9.53 Å². The van der Waals surface area contributed by atoms with Crippen molar-refractivity contribution in [2.24, 2.45) is 7.05 Å². The maximum Gasteiger partial charge on any atom is 0.238 e. The zero-order valence-electron chi connectivity index (χ0n) is 14.8.